The highest BCUT2D eigenvalue weighted by atomic mass is 32.1. The van der Waals surface area contributed by atoms with Gasteiger partial charge in [-0.15, -0.1) is 5.10 Å². The van der Waals surface area contributed by atoms with Crippen LogP contribution in [0.25, 0.3) is 0 Å². The minimum absolute atomic E-state index is 0.108. The second kappa shape index (κ2) is 4.31. The average Bonchev–Trinajstić information content (AvgIpc) is 2.87. The predicted octanol–water partition coefficient (Wildman–Crippen LogP) is 1.38. The van der Waals surface area contributed by atoms with Gasteiger partial charge in [-0.05, 0) is 18.0 Å². The molecule has 0 saturated carbocycles. The van der Waals surface area contributed by atoms with Gasteiger partial charge in [0, 0.05) is 18.9 Å². The molecule has 78 valence electrons. The number of aryl methyl sites for hydroxylation is 1. The van der Waals surface area contributed by atoms with Gasteiger partial charge in [0.15, 0.2) is 5.82 Å². The van der Waals surface area contributed by atoms with Gasteiger partial charge in [0.25, 0.3) is 0 Å². The number of rotatable bonds is 4. The highest BCUT2D eigenvalue weighted by Gasteiger charge is 2.16. The average molecular weight is 222 g/mol. The summed E-state index contributed by atoms with van der Waals surface area (Å²) in [6, 6.07) is 0. The molecule has 0 aromatic carbocycles. The van der Waals surface area contributed by atoms with Crippen LogP contribution in [0, 0.1) is 0 Å². The van der Waals surface area contributed by atoms with Gasteiger partial charge in [-0.25, -0.2) is 4.98 Å². The number of ketones is 1. The van der Waals surface area contributed by atoms with Crippen LogP contribution in [0.2, 0.25) is 0 Å². The molecule has 2 aromatic heterocycles. The molecule has 0 saturated heterocycles. The second-order valence-corrected chi connectivity index (χ2v) is 3.84. The molecule has 5 nitrogen and oxygen atoms in total. The Morgan fingerprint density at radius 3 is 3.13 bits per heavy atom. The largest absolute Gasteiger partial charge is 0.328 e. The van der Waals surface area contributed by atoms with E-state index in [0.29, 0.717) is 10.7 Å². The standard InChI is InChI=1S/C9H10N4OS/c1-2-4-13-5-3-10-9(13)8(14)7-6-11-12-15-7/h3,5-6H,2,4H2,1H3. The van der Waals surface area contributed by atoms with Gasteiger partial charge < -0.3 is 4.57 Å². The fraction of sp³-hybridized carbons (Fsp3) is 0.333. The summed E-state index contributed by atoms with van der Waals surface area (Å²) in [5.74, 6) is 0.353. The van der Waals surface area contributed by atoms with E-state index in [4.69, 9.17) is 0 Å². The molecular formula is C9H10N4OS. The molecule has 0 N–H and O–H groups in total. The van der Waals surface area contributed by atoms with Gasteiger partial charge >= 0.3 is 0 Å². The number of carbonyl (C=O) groups excluding carboxylic acids is 1. The van der Waals surface area contributed by atoms with Crippen molar-refractivity contribution in [3.63, 3.8) is 0 Å². The third-order valence-electron chi connectivity index (χ3n) is 1.97. The molecule has 0 bridgehead atoms. The van der Waals surface area contributed by atoms with E-state index in [9.17, 15) is 4.79 Å². The summed E-state index contributed by atoms with van der Waals surface area (Å²) < 4.78 is 5.51. The lowest BCUT2D eigenvalue weighted by Gasteiger charge is -2.02. The molecule has 2 rings (SSSR count). The van der Waals surface area contributed by atoms with Gasteiger partial charge in [0.2, 0.25) is 5.78 Å². The van der Waals surface area contributed by atoms with Crippen LogP contribution in [-0.4, -0.2) is 24.9 Å². The van der Waals surface area contributed by atoms with Crippen LogP contribution in [0.3, 0.4) is 0 Å². The third-order valence-corrected chi connectivity index (χ3v) is 2.63. The second-order valence-electron chi connectivity index (χ2n) is 3.06. The molecule has 2 heterocycles. The van der Waals surface area contributed by atoms with Crippen molar-refractivity contribution in [1.29, 1.82) is 0 Å². The summed E-state index contributed by atoms with van der Waals surface area (Å²) in [6.45, 7) is 2.86. The lowest BCUT2D eigenvalue weighted by atomic mass is 10.3. The number of carbonyl (C=O) groups is 1. The van der Waals surface area contributed by atoms with Crippen molar-refractivity contribution in [2.75, 3.05) is 0 Å². The fourth-order valence-electron chi connectivity index (χ4n) is 1.32. The fourth-order valence-corrected chi connectivity index (χ4v) is 1.77. The minimum Gasteiger partial charge on any atom is -0.328 e. The number of nitrogens with zero attached hydrogens (tertiary/aromatic N) is 4. The smallest absolute Gasteiger partial charge is 0.241 e. The van der Waals surface area contributed by atoms with E-state index in [2.05, 4.69) is 21.5 Å². The van der Waals surface area contributed by atoms with E-state index in [1.807, 2.05) is 10.8 Å². The summed E-state index contributed by atoms with van der Waals surface area (Å²) in [4.78, 5) is 16.5. The van der Waals surface area contributed by atoms with Crippen LogP contribution in [0.15, 0.2) is 18.6 Å². The SMILES string of the molecule is CCCn1ccnc1C(=O)c1cnns1. The molecule has 6 heteroatoms. The summed E-state index contributed by atoms with van der Waals surface area (Å²) in [5, 5.41) is 3.64. The lowest BCUT2D eigenvalue weighted by Crippen LogP contribution is -2.10. The summed E-state index contributed by atoms with van der Waals surface area (Å²) in [6.07, 6.45) is 5.89. The van der Waals surface area contributed by atoms with Crippen LogP contribution in [-0.2, 0) is 6.54 Å². The van der Waals surface area contributed by atoms with Crippen molar-refractivity contribution in [3.8, 4) is 0 Å². The zero-order valence-corrected chi connectivity index (χ0v) is 9.07. The molecule has 0 radical (unpaired) electrons. The van der Waals surface area contributed by atoms with Gasteiger partial charge in [-0.3, -0.25) is 4.79 Å². The molecular weight excluding hydrogens is 212 g/mol. The summed E-state index contributed by atoms with van der Waals surface area (Å²) >= 11 is 1.09. The van der Waals surface area contributed by atoms with Crippen molar-refractivity contribution < 1.29 is 4.79 Å². The molecule has 0 spiro atoms. The van der Waals surface area contributed by atoms with E-state index in [1.165, 1.54) is 6.20 Å². The molecule has 0 atom stereocenters. The maximum absolute atomic E-state index is 11.9. The zero-order valence-electron chi connectivity index (χ0n) is 8.25. The van der Waals surface area contributed by atoms with Gasteiger partial charge in [-0.1, -0.05) is 11.4 Å². The van der Waals surface area contributed by atoms with Crippen molar-refractivity contribution >= 4 is 17.3 Å². The van der Waals surface area contributed by atoms with Crippen molar-refractivity contribution in [2.45, 2.75) is 19.9 Å². The number of hydrogen-bond acceptors (Lipinski definition) is 5. The topological polar surface area (TPSA) is 60.7 Å². The quantitative estimate of drug-likeness (QED) is 0.733. The van der Waals surface area contributed by atoms with Crippen molar-refractivity contribution in [1.82, 2.24) is 19.1 Å². The predicted molar refractivity (Wildman–Crippen MR) is 55.9 cm³/mol. The first-order valence-electron chi connectivity index (χ1n) is 4.66. The van der Waals surface area contributed by atoms with Crippen LogP contribution in [0.5, 0.6) is 0 Å². The Labute approximate surface area is 90.9 Å². The van der Waals surface area contributed by atoms with Gasteiger partial charge in [0.05, 0.1) is 6.20 Å². The number of imidazole rings is 1. The zero-order chi connectivity index (χ0) is 10.7. The van der Waals surface area contributed by atoms with Gasteiger partial charge in [-0.2, -0.15) is 0 Å². The molecule has 0 aliphatic carbocycles. The monoisotopic (exact) mass is 222 g/mol. The Morgan fingerprint density at radius 2 is 2.47 bits per heavy atom. The molecule has 2 aromatic rings. The van der Waals surface area contributed by atoms with E-state index in [1.54, 1.807) is 6.20 Å². The summed E-state index contributed by atoms with van der Waals surface area (Å²) in [5.41, 5.74) is 0. The van der Waals surface area contributed by atoms with Crippen LogP contribution >= 0.6 is 11.5 Å². The van der Waals surface area contributed by atoms with Gasteiger partial charge in [0.1, 0.15) is 4.88 Å². The molecule has 0 aliphatic heterocycles. The van der Waals surface area contributed by atoms with Crippen LogP contribution < -0.4 is 0 Å². The molecule has 0 aliphatic rings. The van der Waals surface area contributed by atoms with Crippen molar-refractivity contribution in [3.05, 3.63) is 29.3 Å². The number of hydrogen-bond donors (Lipinski definition) is 0. The lowest BCUT2D eigenvalue weighted by molar-refractivity contribution is 0.102. The molecule has 0 unspecified atom stereocenters. The maximum atomic E-state index is 11.9. The van der Waals surface area contributed by atoms with Crippen LogP contribution in [0.4, 0.5) is 0 Å². The first-order chi connectivity index (χ1) is 7.33. The highest BCUT2D eigenvalue weighted by Crippen LogP contribution is 2.10. The van der Waals surface area contributed by atoms with E-state index in [0.717, 1.165) is 24.5 Å². The maximum Gasteiger partial charge on any atom is 0.241 e. The minimum atomic E-state index is -0.108. The first-order valence-corrected chi connectivity index (χ1v) is 5.43. The van der Waals surface area contributed by atoms with Crippen LogP contribution in [0.1, 0.15) is 28.8 Å². The third kappa shape index (κ3) is 1.94. The molecule has 15 heavy (non-hydrogen) atoms. The normalized spacial score (nSPS) is 10.5. The Hall–Kier alpha value is -1.56. The Kier molecular flexibility index (Phi) is 2.86. The first kappa shape index (κ1) is 9.97. The Bertz CT molecular complexity index is 448. The van der Waals surface area contributed by atoms with E-state index < -0.39 is 0 Å². The Balaban J connectivity index is 2.29. The highest BCUT2D eigenvalue weighted by molar-refractivity contribution is 7.08. The van der Waals surface area contributed by atoms with E-state index >= 15 is 0 Å². The number of aromatic nitrogens is 4. The van der Waals surface area contributed by atoms with Crippen molar-refractivity contribution in [2.24, 2.45) is 0 Å². The van der Waals surface area contributed by atoms with E-state index in [-0.39, 0.29) is 5.78 Å². The molecule has 0 amide bonds. The molecule has 0 fully saturated rings. The Morgan fingerprint density at radius 1 is 1.60 bits per heavy atom. The summed E-state index contributed by atoms with van der Waals surface area (Å²) in [7, 11) is 0.